The topological polar surface area (TPSA) is 103 Å². The Kier molecular flexibility index (Phi) is 4.71. The summed E-state index contributed by atoms with van der Waals surface area (Å²) in [6, 6.07) is 11.8. The Morgan fingerprint density at radius 2 is 1.96 bits per heavy atom. The smallest absolute Gasteiger partial charge is 0.284 e. The molecule has 0 bridgehead atoms. The predicted octanol–water partition coefficient (Wildman–Crippen LogP) is 2.68. The lowest BCUT2D eigenvalue weighted by Gasteiger charge is -2.20. The van der Waals surface area contributed by atoms with E-state index in [9.17, 15) is 4.79 Å². The summed E-state index contributed by atoms with van der Waals surface area (Å²) in [7, 11) is 0. The van der Waals surface area contributed by atoms with Crippen LogP contribution in [0.1, 0.15) is 24.3 Å². The monoisotopic (exact) mass is 356 g/mol. The zero-order chi connectivity index (χ0) is 18.0. The van der Waals surface area contributed by atoms with E-state index in [1.165, 1.54) is 11.3 Å². The number of hydrazine groups is 1. The summed E-state index contributed by atoms with van der Waals surface area (Å²) in [5.41, 5.74) is 8.93. The predicted molar refractivity (Wildman–Crippen MR) is 100 cm³/mol. The Labute approximate surface area is 149 Å². The average Bonchev–Trinajstić information content (AvgIpc) is 3.08. The lowest BCUT2D eigenvalue weighted by atomic mass is 10.0. The van der Waals surface area contributed by atoms with Gasteiger partial charge in [0, 0.05) is 21.9 Å². The fraction of sp³-hybridized carbons (Fsp3) is 0.222. The minimum atomic E-state index is -0.417. The number of nitrogens with one attached hydrogen (secondary N) is 1. The third kappa shape index (κ3) is 3.79. The van der Waals surface area contributed by atoms with Crippen LogP contribution in [-0.2, 0) is 0 Å². The van der Waals surface area contributed by atoms with Crippen LogP contribution in [0, 0.1) is 0 Å². The van der Waals surface area contributed by atoms with Crippen LogP contribution < -0.4 is 21.7 Å². The van der Waals surface area contributed by atoms with Crippen molar-refractivity contribution in [1.29, 1.82) is 0 Å². The van der Waals surface area contributed by atoms with Gasteiger partial charge >= 0.3 is 0 Å². The molecule has 0 saturated heterocycles. The second kappa shape index (κ2) is 6.79. The van der Waals surface area contributed by atoms with Crippen molar-refractivity contribution in [2.75, 3.05) is 6.61 Å². The van der Waals surface area contributed by atoms with Crippen LogP contribution in [0.15, 0.2) is 41.8 Å². The van der Waals surface area contributed by atoms with E-state index in [0.717, 1.165) is 27.1 Å². The first-order chi connectivity index (χ1) is 11.9. The maximum absolute atomic E-state index is 11.6. The van der Waals surface area contributed by atoms with Crippen molar-refractivity contribution < 1.29 is 9.53 Å². The van der Waals surface area contributed by atoms with Crippen molar-refractivity contribution >= 4 is 28.0 Å². The zero-order valence-electron chi connectivity index (χ0n) is 14.1. The lowest BCUT2D eigenvalue weighted by Crippen LogP contribution is -2.38. The maximum Gasteiger partial charge on any atom is 0.284 e. The number of ether oxygens (including phenoxy) is 1. The SMILES string of the molecule is CC(C)(N)COc1ccc(-c2nc(C(=O)NN)cs2)c2ccccc12. The van der Waals surface area contributed by atoms with Gasteiger partial charge in [0.25, 0.3) is 5.91 Å². The van der Waals surface area contributed by atoms with Crippen LogP contribution in [0.5, 0.6) is 5.75 Å². The molecule has 1 aromatic heterocycles. The molecule has 0 spiro atoms. The number of thiazole rings is 1. The number of carbonyl (C=O) groups excluding carboxylic acids is 1. The van der Waals surface area contributed by atoms with E-state index in [-0.39, 0.29) is 0 Å². The van der Waals surface area contributed by atoms with Crippen LogP contribution in [0.2, 0.25) is 0 Å². The number of benzene rings is 2. The second-order valence-electron chi connectivity index (χ2n) is 6.45. The van der Waals surface area contributed by atoms with Gasteiger partial charge in [-0.3, -0.25) is 10.2 Å². The van der Waals surface area contributed by atoms with Gasteiger partial charge < -0.3 is 10.5 Å². The number of hydrogen-bond donors (Lipinski definition) is 3. The molecule has 0 unspecified atom stereocenters. The molecule has 25 heavy (non-hydrogen) atoms. The fourth-order valence-electron chi connectivity index (χ4n) is 2.42. The third-order valence-corrected chi connectivity index (χ3v) is 4.46. The number of carbonyl (C=O) groups is 1. The largest absolute Gasteiger partial charge is 0.491 e. The van der Waals surface area contributed by atoms with Gasteiger partial charge in [0.1, 0.15) is 23.1 Å². The lowest BCUT2D eigenvalue weighted by molar-refractivity contribution is 0.0949. The van der Waals surface area contributed by atoms with Crippen LogP contribution in [-0.4, -0.2) is 23.0 Å². The number of hydrogen-bond acceptors (Lipinski definition) is 6. The minimum Gasteiger partial charge on any atom is -0.491 e. The molecule has 0 atom stereocenters. The van der Waals surface area contributed by atoms with Gasteiger partial charge in [0.2, 0.25) is 0 Å². The normalized spacial score (nSPS) is 11.5. The number of rotatable bonds is 5. The summed E-state index contributed by atoms with van der Waals surface area (Å²) in [5, 5.41) is 4.42. The highest BCUT2D eigenvalue weighted by Gasteiger charge is 2.16. The molecule has 7 heteroatoms. The molecule has 6 nitrogen and oxygen atoms in total. The Morgan fingerprint density at radius 3 is 2.64 bits per heavy atom. The summed E-state index contributed by atoms with van der Waals surface area (Å²) in [6.45, 7) is 4.25. The summed E-state index contributed by atoms with van der Waals surface area (Å²) in [5.74, 6) is 5.54. The summed E-state index contributed by atoms with van der Waals surface area (Å²) >= 11 is 1.40. The van der Waals surface area contributed by atoms with E-state index in [1.54, 1.807) is 5.38 Å². The Morgan fingerprint density at radius 1 is 1.24 bits per heavy atom. The summed E-state index contributed by atoms with van der Waals surface area (Å²) in [6.07, 6.45) is 0. The highest BCUT2D eigenvalue weighted by atomic mass is 32.1. The highest BCUT2D eigenvalue weighted by molar-refractivity contribution is 7.13. The van der Waals surface area contributed by atoms with Gasteiger partial charge in [-0.25, -0.2) is 10.8 Å². The Balaban J connectivity index is 2.03. The molecule has 3 rings (SSSR count). The first-order valence-corrected chi connectivity index (χ1v) is 8.67. The quantitative estimate of drug-likeness (QED) is 0.370. The molecular formula is C18H20N4O2S. The molecule has 3 aromatic rings. The number of nitrogens with two attached hydrogens (primary N) is 2. The van der Waals surface area contributed by atoms with E-state index >= 15 is 0 Å². The molecular weight excluding hydrogens is 336 g/mol. The van der Waals surface area contributed by atoms with Crippen molar-refractivity contribution in [3.05, 3.63) is 47.5 Å². The first kappa shape index (κ1) is 17.3. The van der Waals surface area contributed by atoms with E-state index in [1.807, 2.05) is 50.2 Å². The molecule has 0 aliphatic carbocycles. The fourth-order valence-corrected chi connectivity index (χ4v) is 3.26. The standard InChI is InChI=1S/C18H20N4O2S/c1-18(2,19)10-24-15-8-7-13(11-5-3-4-6-12(11)15)17-21-14(9-25-17)16(23)22-20/h3-9H,10,19-20H2,1-2H3,(H,22,23). The highest BCUT2D eigenvalue weighted by Crippen LogP contribution is 2.36. The van der Waals surface area contributed by atoms with E-state index < -0.39 is 11.4 Å². The van der Waals surface area contributed by atoms with Crippen molar-refractivity contribution in [1.82, 2.24) is 10.4 Å². The van der Waals surface area contributed by atoms with Crippen molar-refractivity contribution in [2.45, 2.75) is 19.4 Å². The van der Waals surface area contributed by atoms with Gasteiger partial charge in [0.05, 0.1) is 0 Å². The number of fused-ring (bicyclic) bond motifs is 1. The van der Waals surface area contributed by atoms with E-state index in [2.05, 4.69) is 10.4 Å². The summed E-state index contributed by atoms with van der Waals surface area (Å²) in [4.78, 5) is 16.0. The molecule has 130 valence electrons. The second-order valence-corrected chi connectivity index (χ2v) is 7.30. The molecule has 0 radical (unpaired) electrons. The molecule has 2 aromatic carbocycles. The Hall–Kier alpha value is -2.48. The van der Waals surface area contributed by atoms with Gasteiger partial charge in [-0.15, -0.1) is 11.3 Å². The number of amides is 1. The number of nitrogen functional groups attached to an aromatic ring is 1. The summed E-state index contributed by atoms with van der Waals surface area (Å²) < 4.78 is 5.91. The zero-order valence-corrected chi connectivity index (χ0v) is 14.9. The molecule has 0 aliphatic heterocycles. The first-order valence-electron chi connectivity index (χ1n) is 7.79. The van der Waals surface area contributed by atoms with Gasteiger partial charge in [-0.2, -0.15) is 0 Å². The van der Waals surface area contributed by atoms with Crippen molar-refractivity contribution in [3.63, 3.8) is 0 Å². The number of aromatic nitrogens is 1. The molecule has 1 heterocycles. The average molecular weight is 356 g/mol. The molecule has 5 N–H and O–H groups in total. The van der Waals surface area contributed by atoms with Crippen molar-refractivity contribution in [2.24, 2.45) is 11.6 Å². The van der Waals surface area contributed by atoms with Gasteiger partial charge in [-0.1, -0.05) is 24.3 Å². The molecule has 0 fully saturated rings. The maximum atomic E-state index is 11.6. The minimum absolute atomic E-state index is 0.303. The van der Waals surface area contributed by atoms with E-state index in [4.69, 9.17) is 16.3 Å². The van der Waals surface area contributed by atoms with Crippen LogP contribution >= 0.6 is 11.3 Å². The Bertz CT molecular complexity index is 915. The molecule has 1 amide bonds. The molecule has 0 saturated carbocycles. The van der Waals surface area contributed by atoms with Gasteiger partial charge in [0.15, 0.2) is 0 Å². The van der Waals surface area contributed by atoms with Crippen LogP contribution in [0.25, 0.3) is 21.3 Å². The third-order valence-electron chi connectivity index (χ3n) is 3.58. The number of nitrogens with zero attached hydrogens (tertiary/aromatic N) is 1. The van der Waals surface area contributed by atoms with Gasteiger partial charge in [-0.05, 0) is 31.4 Å². The van der Waals surface area contributed by atoms with Crippen molar-refractivity contribution in [3.8, 4) is 16.3 Å². The molecule has 0 aliphatic rings. The van der Waals surface area contributed by atoms with E-state index in [0.29, 0.717) is 12.3 Å². The van der Waals surface area contributed by atoms with Crippen LogP contribution in [0.3, 0.4) is 0 Å². The van der Waals surface area contributed by atoms with Crippen LogP contribution in [0.4, 0.5) is 0 Å².